The summed E-state index contributed by atoms with van der Waals surface area (Å²) in [7, 11) is 0. The van der Waals surface area contributed by atoms with Gasteiger partial charge in [-0.1, -0.05) is 132 Å². The van der Waals surface area contributed by atoms with Gasteiger partial charge in [-0.25, -0.2) is 0 Å². The fourth-order valence-electron chi connectivity index (χ4n) is 7.47. The Morgan fingerprint density at radius 2 is 0.857 bits per heavy atom. The van der Waals surface area contributed by atoms with Gasteiger partial charge in [-0.15, -0.1) is 0 Å². The Kier molecular flexibility index (Phi) is 37.2. The van der Waals surface area contributed by atoms with Crippen LogP contribution in [-0.2, 0) is 19.1 Å². The van der Waals surface area contributed by atoms with Crippen LogP contribution in [0, 0.1) is 5.92 Å². The number of carbonyl (C=O) groups is 3. The van der Waals surface area contributed by atoms with Gasteiger partial charge < -0.3 is 19.8 Å². The van der Waals surface area contributed by atoms with Crippen molar-refractivity contribution in [2.75, 3.05) is 26.2 Å². The monoisotopic (exact) mass is 784 g/mol. The number of piperidine rings is 1. The molecule has 0 atom stereocenters. The van der Waals surface area contributed by atoms with Crippen molar-refractivity contribution in [2.24, 2.45) is 5.92 Å². The van der Waals surface area contributed by atoms with E-state index in [1.807, 2.05) is 0 Å². The second-order valence-corrected chi connectivity index (χ2v) is 16.3. The second kappa shape index (κ2) is 40.5. The average molecular weight is 784 g/mol. The number of unbranched alkanes of at least 4 members (excludes halogenated alkanes) is 18. The lowest BCUT2D eigenvalue weighted by molar-refractivity contribution is -0.145. The number of likely N-dealkylation sites (tertiary alicyclic amines) is 1. The minimum absolute atomic E-state index is 0.00907. The Hall–Kier alpha value is -2.67. The maximum absolute atomic E-state index is 12.6. The third-order valence-electron chi connectivity index (χ3n) is 11.0. The number of carboxylic acids is 2. The lowest BCUT2D eigenvalue weighted by Crippen LogP contribution is -2.30. The number of hydrogen-bond donors (Lipinski definition) is 2. The Bertz CT molecular complexity index is 981. The first-order chi connectivity index (χ1) is 27.5. The van der Waals surface area contributed by atoms with Crippen LogP contribution in [0.4, 0.5) is 0 Å². The second-order valence-electron chi connectivity index (χ2n) is 16.3. The van der Waals surface area contributed by atoms with Crippen molar-refractivity contribution in [3.05, 3.63) is 48.6 Å². The summed E-state index contributed by atoms with van der Waals surface area (Å²) in [5.41, 5.74) is 0. The predicted molar refractivity (Wildman–Crippen MR) is 235 cm³/mol. The lowest BCUT2D eigenvalue weighted by atomic mass is 9.95. The van der Waals surface area contributed by atoms with Crippen LogP contribution < -0.4 is 0 Å². The molecule has 1 heterocycles. The van der Waals surface area contributed by atoms with Crippen molar-refractivity contribution >= 4 is 17.9 Å². The molecule has 0 aromatic heterocycles. The largest absolute Gasteiger partial charge is 0.481 e. The van der Waals surface area contributed by atoms with Gasteiger partial charge in [-0.2, -0.15) is 0 Å². The third-order valence-corrected chi connectivity index (χ3v) is 11.0. The fraction of sp³-hybridized carbons (Fsp3) is 0.776. The summed E-state index contributed by atoms with van der Waals surface area (Å²) in [5.74, 6) is -0.897. The van der Waals surface area contributed by atoms with Gasteiger partial charge in [0.25, 0.3) is 0 Å². The van der Waals surface area contributed by atoms with E-state index in [0.717, 1.165) is 103 Å². The van der Waals surface area contributed by atoms with Crippen molar-refractivity contribution < 1.29 is 29.3 Å². The summed E-state index contributed by atoms with van der Waals surface area (Å²) in [6.07, 6.45) is 53.8. The number of rotatable bonds is 40. The summed E-state index contributed by atoms with van der Waals surface area (Å²) in [6, 6.07) is 0. The normalized spacial score (nSPS) is 14.0. The van der Waals surface area contributed by atoms with Gasteiger partial charge in [0.15, 0.2) is 0 Å². The number of nitrogens with zero attached hydrogens (tertiary/aromatic N) is 1. The summed E-state index contributed by atoms with van der Waals surface area (Å²) < 4.78 is 5.85. The molecule has 1 saturated heterocycles. The van der Waals surface area contributed by atoms with Gasteiger partial charge in [0.05, 0.1) is 6.61 Å². The van der Waals surface area contributed by atoms with Crippen LogP contribution in [0.1, 0.15) is 212 Å². The van der Waals surface area contributed by atoms with Gasteiger partial charge in [0.1, 0.15) is 0 Å². The van der Waals surface area contributed by atoms with Crippen molar-refractivity contribution in [1.29, 1.82) is 0 Å². The van der Waals surface area contributed by atoms with Crippen molar-refractivity contribution in [3.8, 4) is 0 Å². The first-order valence-corrected chi connectivity index (χ1v) is 23.4. The quantitative estimate of drug-likeness (QED) is 0.0362. The first kappa shape index (κ1) is 51.3. The Balaban J connectivity index is 2.18. The zero-order chi connectivity index (χ0) is 40.4. The highest BCUT2D eigenvalue weighted by Gasteiger charge is 2.14. The molecule has 0 amide bonds. The molecule has 56 heavy (non-hydrogen) atoms. The maximum Gasteiger partial charge on any atom is 0.305 e. The molecular formula is C49H85NO6. The molecule has 1 aliphatic rings. The van der Waals surface area contributed by atoms with Crippen LogP contribution in [-0.4, -0.2) is 59.3 Å². The van der Waals surface area contributed by atoms with E-state index >= 15 is 0 Å². The molecule has 0 saturated carbocycles. The molecule has 1 aliphatic heterocycles. The molecule has 7 nitrogen and oxygen atoms in total. The highest BCUT2D eigenvalue weighted by atomic mass is 16.5. The Morgan fingerprint density at radius 3 is 1.29 bits per heavy atom. The van der Waals surface area contributed by atoms with E-state index < -0.39 is 11.9 Å². The van der Waals surface area contributed by atoms with Gasteiger partial charge in [-0.05, 0) is 135 Å². The molecule has 2 N–H and O–H groups in total. The van der Waals surface area contributed by atoms with E-state index in [0.29, 0.717) is 31.8 Å². The number of ether oxygens (including phenoxy) is 1. The van der Waals surface area contributed by atoms with Crippen LogP contribution in [0.25, 0.3) is 0 Å². The van der Waals surface area contributed by atoms with E-state index in [9.17, 15) is 14.4 Å². The molecule has 0 radical (unpaired) electrons. The maximum atomic E-state index is 12.6. The first-order valence-electron chi connectivity index (χ1n) is 23.4. The van der Waals surface area contributed by atoms with Crippen LogP contribution in [0.15, 0.2) is 48.6 Å². The number of hydrogen-bond acceptors (Lipinski definition) is 5. The number of esters is 1. The van der Waals surface area contributed by atoms with Crippen molar-refractivity contribution in [2.45, 2.75) is 212 Å². The standard InChI is InChI=1S/C49H85NO6/c51-47(52)39-32-27-23-19-15-11-7-3-1-5-9-13-17-21-25-30-37-46(45-56-49(55)41-36-44-50-42-34-29-35-43-50)38-31-26-22-18-14-10-6-2-4-8-12-16-20-24-28-33-40-48(53)54/h3-10,46H,1-2,11-45H2,(H,51,52)(H,53,54)/b7-3-,8-4-,9-5-,10-6-. The summed E-state index contributed by atoms with van der Waals surface area (Å²) in [5, 5.41) is 17.4. The summed E-state index contributed by atoms with van der Waals surface area (Å²) in [4.78, 5) is 36.2. The molecule has 1 rings (SSSR count). The van der Waals surface area contributed by atoms with E-state index in [-0.39, 0.29) is 5.97 Å². The fourth-order valence-corrected chi connectivity index (χ4v) is 7.47. The van der Waals surface area contributed by atoms with Crippen LogP contribution in [0.5, 0.6) is 0 Å². The smallest absolute Gasteiger partial charge is 0.305 e. The average Bonchev–Trinajstić information content (AvgIpc) is 3.18. The molecule has 0 aromatic rings. The molecule has 0 aliphatic carbocycles. The molecule has 0 unspecified atom stereocenters. The van der Waals surface area contributed by atoms with Gasteiger partial charge in [-0.3, -0.25) is 14.4 Å². The predicted octanol–water partition coefficient (Wildman–Crippen LogP) is 13.7. The molecule has 322 valence electrons. The van der Waals surface area contributed by atoms with Crippen molar-refractivity contribution in [3.63, 3.8) is 0 Å². The van der Waals surface area contributed by atoms with E-state index in [1.165, 1.54) is 109 Å². The summed E-state index contributed by atoms with van der Waals surface area (Å²) >= 11 is 0. The van der Waals surface area contributed by atoms with Gasteiger partial charge >= 0.3 is 17.9 Å². The zero-order valence-electron chi connectivity index (χ0n) is 35.8. The molecule has 0 aromatic carbocycles. The number of aliphatic carboxylic acids is 2. The third kappa shape index (κ3) is 38.2. The van der Waals surface area contributed by atoms with E-state index in [1.54, 1.807) is 0 Å². The molecular weight excluding hydrogens is 699 g/mol. The Labute approximate surface area is 343 Å². The number of carboxylic acid groups (broad SMARTS) is 2. The van der Waals surface area contributed by atoms with Crippen LogP contribution in [0.2, 0.25) is 0 Å². The van der Waals surface area contributed by atoms with Gasteiger partial charge in [0, 0.05) is 19.3 Å². The highest BCUT2D eigenvalue weighted by Crippen LogP contribution is 2.20. The minimum atomic E-state index is -0.684. The van der Waals surface area contributed by atoms with E-state index in [2.05, 4.69) is 53.5 Å². The van der Waals surface area contributed by atoms with E-state index in [4.69, 9.17) is 14.9 Å². The lowest BCUT2D eigenvalue weighted by Gasteiger charge is -2.26. The molecule has 7 heteroatoms. The topological polar surface area (TPSA) is 104 Å². The molecule has 0 bridgehead atoms. The molecule has 0 spiro atoms. The van der Waals surface area contributed by atoms with Crippen molar-refractivity contribution in [1.82, 2.24) is 4.90 Å². The summed E-state index contributed by atoms with van der Waals surface area (Å²) in [6.45, 7) is 3.98. The zero-order valence-corrected chi connectivity index (χ0v) is 35.8. The van der Waals surface area contributed by atoms with Crippen LogP contribution in [0.3, 0.4) is 0 Å². The van der Waals surface area contributed by atoms with Gasteiger partial charge in [0.2, 0.25) is 0 Å². The highest BCUT2D eigenvalue weighted by molar-refractivity contribution is 5.69. The SMILES string of the molecule is O=C(O)CCCCCCC/C=C\C/C=C\CCCCCCC(CCCCCC/C=C\C/C=C\CCCCCCCC(=O)O)COC(=O)CCCN1CCCCC1. The number of carbonyl (C=O) groups excluding carboxylic acids is 1. The van der Waals surface area contributed by atoms with Crippen LogP contribution >= 0.6 is 0 Å². The molecule has 1 fully saturated rings. The Morgan fingerprint density at radius 1 is 0.464 bits per heavy atom. The minimum Gasteiger partial charge on any atom is -0.481 e. The number of allylic oxidation sites excluding steroid dienone is 8.